The summed E-state index contributed by atoms with van der Waals surface area (Å²) < 4.78 is 0.664. The molecule has 12 heavy (non-hydrogen) atoms. The van der Waals surface area contributed by atoms with Gasteiger partial charge in [-0.2, -0.15) is 0 Å². The van der Waals surface area contributed by atoms with E-state index in [1.165, 1.54) is 36.8 Å². The van der Waals surface area contributed by atoms with Gasteiger partial charge in [0.25, 0.3) is 0 Å². The molecule has 65 valence electrons. The van der Waals surface area contributed by atoms with Gasteiger partial charge in [-0.25, -0.2) is 0 Å². The van der Waals surface area contributed by atoms with Crippen molar-refractivity contribution in [2.75, 3.05) is 5.75 Å². The van der Waals surface area contributed by atoms with Gasteiger partial charge in [-0.3, -0.25) is 0 Å². The summed E-state index contributed by atoms with van der Waals surface area (Å²) >= 11 is 2.64. The van der Waals surface area contributed by atoms with Crippen LogP contribution in [0.25, 0.3) is 0 Å². The summed E-state index contributed by atoms with van der Waals surface area (Å²) in [5, 5.41) is 13.6. The molecule has 0 saturated heterocycles. The molecule has 0 aliphatic rings. The number of rotatable bonds is 4. The van der Waals surface area contributed by atoms with Gasteiger partial charge in [0.15, 0.2) is 0 Å². The molecule has 0 atom stereocenters. The van der Waals surface area contributed by atoms with E-state index >= 15 is 0 Å². The molecular weight excluding hydrogens is 373 g/mol. The monoisotopic (exact) mass is 380 g/mol. The second-order valence-electron chi connectivity index (χ2n) is 1.94. The molecule has 1 aromatic heterocycles. The molecule has 1 rings (SSSR count). The van der Waals surface area contributed by atoms with Gasteiger partial charge in [0.1, 0.15) is 0 Å². The predicted octanol–water partition coefficient (Wildman–Crippen LogP) is -0.411. The van der Waals surface area contributed by atoms with Crippen LogP contribution in [0.2, 0.25) is 4.08 Å². The van der Waals surface area contributed by atoms with Gasteiger partial charge in [0.2, 0.25) is 0 Å². The normalized spacial score (nSPS) is 10.1. The molecule has 0 spiro atoms. The quantitative estimate of drug-likeness (QED) is 0.769. The number of hydrogen-bond acceptors (Lipinski definition) is 5. The molecule has 0 aliphatic heterocycles. The van der Waals surface area contributed by atoms with E-state index < -0.39 is 0 Å². The number of thioether (sulfide) groups is 1. The van der Waals surface area contributed by atoms with Crippen molar-refractivity contribution in [2.45, 2.75) is 10.5 Å². The number of tetrazole rings is 1. The van der Waals surface area contributed by atoms with Gasteiger partial charge in [-0.05, 0) is 0 Å². The number of hydrogen-bond donors (Lipinski definition) is 1. The van der Waals surface area contributed by atoms with E-state index in [1.54, 1.807) is 0 Å². The number of aryl methyl sites for hydroxylation is 1. The third kappa shape index (κ3) is 3.59. The van der Waals surface area contributed by atoms with Crippen LogP contribution in [0, 0.1) is 0 Å². The minimum atomic E-state index is 0.244. The Hall–Kier alpha value is -0.0139. The second-order valence-corrected chi connectivity index (χ2v) is 4.22. The van der Waals surface area contributed by atoms with Crippen molar-refractivity contribution in [3.8, 4) is 0 Å². The zero-order valence-electron chi connectivity index (χ0n) is 6.19. The number of H-pyrrole nitrogens is 1. The Morgan fingerprint density at radius 3 is 3.08 bits per heavy atom. The third-order valence-corrected chi connectivity index (χ3v) is 3.78. The molecule has 0 amide bonds. The van der Waals surface area contributed by atoms with Crippen molar-refractivity contribution in [1.29, 1.82) is 0 Å². The number of nitrogens with one attached hydrogen (secondary N) is 1. The summed E-state index contributed by atoms with van der Waals surface area (Å²) in [6.45, 7) is 0. The first-order valence-electron chi connectivity index (χ1n) is 3.29. The first-order chi connectivity index (χ1) is 5.83. The average molecular weight is 380 g/mol. The summed E-state index contributed by atoms with van der Waals surface area (Å²) in [5.74, 6) is 1.41. The first kappa shape index (κ1) is 10.1. The van der Waals surface area contributed by atoms with Crippen molar-refractivity contribution in [3.05, 3.63) is 5.82 Å². The van der Waals surface area contributed by atoms with Gasteiger partial charge in [-0.15, -0.1) is 0 Å². The molecule has 0 bridgehead atoms. The summed E-state index contributed by atoms with van der Waals surface area (Å²) in [6.07, 6.45) is 0.697. The van der Waals surface area contributed by atoms with E-state index in [4.69, 9.17) is 0 Å². The summed E-state index contributed by atoms with van der Waals surface area (Å²) in [4.78, 5) is 10.9. The SMILES string of the molecule is O=C([CH2][Po])SCCc1nn[nH]n1. The fourth-order valence-corrected chi connectivity index (χ4v) is 2.15. The van der Waals surface area contributed by atoms with E-state index in [9.17, 15) is 4.79 Å². The maximum absolute atomic E-state index is 10.9. The fourth-order valence-electron chi connectivity index (χ4n) is 0.586. The van der Waals surface area contributed by atoms with E-state index in [0.29, 0.717) is 16.3 Å². The minimum absolute atomic E-state index is 0.244. The fraction of sp³-hybridized carbons (Fsp3) is 0.600. The standard InChI is InChI=1S/C5H7N4OS.Po/c1-4(10)11-3-2-5-6-8-9-7-5;/h1-3H2,(H,6,7,8,9);. The van der Waals surface area contributed by atoms with Crippen LogP contribution in [0.5, 0.6) is 0 Å². The van der Waals surface area contributed by atoms with Crippen LogP contribution in [-0.2, 0) is 11.2 Å². The van der Waals surface area contributed by atoms with E-state index in [2.05, 4.69) is 20.6 Å². The number of carbonyl (C=O) groups excluding carboxylic acids is 1. The Morgan fingerprint density at radius 1 is 1.67 bits per heavy atom. The molecule has 0 aliphatic carbocycles. The molecule has 0 fully saturated rings. The van der Waals surface area contributed by atoms with Crippen molar-refractivity contribution in [1.82, 2.24) is 20.6 Å². The zero-order valence-corrected chi connectivity index (χ0v) is 10.2. The van der Waals surface area contributed by atoms with Crippen molar-refractivity contribution in [2.24, 2.45) is 0 Å². The van der Waals surface area contributed by atoms with Crippen molar-refractivity contribution >= 4 is 41.9 Å². The molecule has 1 N–H and O–H groups in total. The zero-order chi connectivity index (χ0) is 8.81. The van der Waals surface area contributed by atoms with Crippen LogP contribution in [0.1, 0.15) is 5.82 Å². The molecular formula is C5H7N4OPoS. The first-order valence-corrected chi connectivity index (χ1v) is 6.52. The third-order valence-electron chi connectivity index (χ3n) is 1.10. The summed E-state index contributed by atoms with van der Waals surface area (Å²) in [5.41, 5.74) is 0. The van der Waals surface area contributed by atoms with Gasteiger partial charge in [0.05, 0.1) is 0 Å². The Kier molecular flexibility index (Phi) is 4.70. The molecule has 0 aromatic carbocycles. The molecule has 1 aromatic rings. The van der Waals surface area contributed by atoms with Crippen LogP contribution < -0.4 is 0 Å². The molecule has 7 heteroatoms. The van der Waals surface area contributed by atoms with Crippen LogP contribution >= 0.6 is 11.8 Å². The topological polar surface area (TPSA) is 71.5 Å². The number of aromatic nitrogens is 4. The van der Waals surface area contributed by atoms with Gasteiger partial charge >= 0.3 is 89.4 Å². The number of aromatic amines is 1. The summed E-state index contributed by atoms with van der Waals surface area (Å²) in [6, 6.07) is 0. The summed E-state index contributed by atoms with van der Waals surface area (Å²) in [7, 11) is 0. The van der Waals surface area contributed by atoms with E-state index in [0.717, 1.165) is 5.75 Å². The second kappa shape index (κ2) is 5.60. The van der Waals surface area contributed by atoms with Crippen molar-refractivity contribution < 1.29 is 4.79 Å². The maximum atomic E-state index is 10.9. The molecule has 1 heterocycles. The van der Waals surface area contributed by atoms with Crippen LogP contribution in [0.4, 0.5) is 0 Å². The van der Waals surface area contributed by atoms with Gasteiger partial charge in [-0.1, -0.05) is 0 Å². The van der Waals surface area contributed by atoms with E-state index in [-0.39, 0.29) is 5.12 Å². The Bertz CT molecular complexity index is 240. The van der Waals surface area contributed by atoms with Gasteiger partial charge in [0, 0.05) is 0 Å². The molecule has 0 saturated carbocycles. The average Bonchev–Trinajstić information content (AvgIpc) is 2.57. The van der Waals surface area contributed by atoms with E-state index in [1.807, 2.05) is 0 Å². The van der Waals surface area contributed by atoms with Crippen LogP contribution in [-0.4, -0.2) is 56.6 Å². The van der Waals surface area contributed by atoms with Crippen LogP contribution in [0.15, 0.2) is 0 Å². The number of carbonyl (C=O) groups is 1. The predicted molar refractivity (Wildman–Crippen MR) is 45.9 cm³/mol. The molecule has 1 radical (unpaired) electrons. The Labute approximate surface area is 89.2 Å². The molecule has 5 nitrogen and oxygen atoms in total. The molecule has 0 unspecified atom stereocenters. The Morgan fingerprint density at radius 2 is 2.50 bits per heavy atom. The van der Waals surface area contributed by atoms with Crippen LogP contribution in [0.3, 0.4) is 0 Å². The van der Waals surface area contributed by atoms with Crippen molar-refractivity contribution in [3.63, 3.8) is 0 Å². The Balaban J connectivity index is 2.15. The van der Waals surface area contributed by atoms with Gasteiger partial charge < -0.3 is 0 Å². The number of nitrogens with zero attached hydrogens (tertiary/aromatic N) is 3.